The van der Waals surface area contributed by atoms with Gasteiger partial charge in [0.15, 0.2) is 0 Å². The number of nitrogens with zero attached hydrogens (tertiary/aromatic N) is 2. The SMILES string of the molecule is C=C1C(=O)N(c2ccc(C)cc2)C(=O)N(c2ccc(C)cc2)C1(C)CC1CCCCC1. The number of urea groups is 1. The lowest BCUT2D eigenvalue weighted by Gasteiger charge is -2.50. The molecule has 2 aliphatic rings. The molecule has 3 amide bonds. The quantitative estimate of drug-likeness (QED) is 0.529. The average Bonchev–Trinajstić information content (AvgIpc) is 2.76. The normalized spacial score (nSPS) is 22.9. The maximum Gasteiger partial charge on any atom is 0.336 e. The molecule has 1 heterocycles. The van der Waals surface area contributed by atoms with E-state index in [2.05, 4.69) is 6.58 Å². The molecule has 2 aromatic carbocycles. The van der Waals surface area contributed by atoms with Gasteiger partial charge in [-0.2, -0.15) is 0 Å². The van der Waals surface area contributed by atoms with Gasteiger partial charge in [0.05, 0.1) is 11.2 Å². The van der Waals surface area contributed by atoms with Gasteiger partial charge in [0, 0.05) is 11.3 Å². The molecule has 1 saturated heterocycles. The summed E-state index contributed by atoms with van der Waals surface area (Å²) < 4.78 is 0. The highest BCUT2D eigenvalue weighted by Crippen LogP contribution is 2.43. The first kappa shape index (κ1) is 21.4. The van der Waals surface area contributed by atoms with Gasteiger partial charge in [0.25, 0.3) is 5.91 Å². The van der Waals surface area contributed by atoms with Crippen LogP contribution in [0.4, 0.5) is 16.2 Å². The van der Waals surface area contributed by atoms with Crippen LogP contribution in [0.3, 0.4) is 0 Å². The molecular weight excluding hydrogens is 384 g/mol. The summed E-state index contributed by atoms with van der Waals surface area (Å²) in [5, 5.41) is 0. The fourth-order valence-electron chi connectivity index (χ4n) is 5.08. The average molecular weight is 417 g/mol. The molecule has 4 heteroatoms. The molecule has 4 nitrogen and oxygen atoms in total. The summed E-state index contributed by atoms with van der Waals surface area (Å²) in [6.07, 6.45) is 6.77. The van der Waals surface area contributed by atoms with Gasteiger partial charge in [-0.1, -0.05) is 74.1 Å². The zero-order valence-corrected chi connectivity index (χ0v) is 18.9. The minimum atomic E-state index is -0.743. The molecule has 2 fully saturated rings. The molecule has 1 saturated carbocycles. The van der Waals surface area contributed by atoms with Crippen LogP contribution in [0.2, 0.25) is 0 Å². The van der Waals surface area contributed by atoms with Crippen LogP contribution >= 0.6 is 0 Å². The third-order valence-electron chi connectivity index (χ3n) is 6.98. The molecule has 0 aromatic heterocycles. The minimum absolute atomic E-state index is 0.296. The van der Waals surface area contributed by atoms with Crippen molar-refractivity contribution >= 4 is 23.3 Å². The first-order chi connectivity index (χ1) is 14.8. The lowest BCUT2D eigenvalue weighted by atomic mass is 9.74. The van der Waals surface area contributed by atoms with Crippen LogP contribution in [-0.4, -0.2) is 17.5 Å². The molecule has 0 bridgehead atoms. The Morgan fingerprint density at radius 3 is 1.94 bits per heavy atom. The number of carbonyl (C=O) groups excluding carboxylic acids is 2. The zero-order valence-electron chi connectivity index (χ0n) is 18.9. The molecule has 1 aliphatic heterocycles. The second-order valence-electron chi connectivity index (χ2n) is 9.39. The van der Waals surface area contributed by atoms with E-state index in [1.165, 1.54) is 24.2 Å². The lowest BCUT2D eigenvalue weighted by Crippen LogP contribution is -2.65. The van der Waals surface area contributed by atoms with Crippen molar-refractivity contribution in [2.24, 2.45) is 5.92 Å². The molecule has 1 aliphatic carbocycles. The van der Waals surface area contributed by atoms with Crippen LogP contribution in [0.25, 0.3) is 0 Å². The van der Waals surface area contributed by atoms with E-state index in [9.17, 15) is 9.59 Å². The summed E-state index contributed by atoms with van der Waals surface area (Å²) in [6.45, 7) is 10.3. The van der Waals surface area contributed by atoms with Crippen LogP contribution in [0.1, 0.15) is 56.6 Å². The highest BCUT2D eigenvalue weighted by atomic mass is 16.2. The first-order valence-corrected chi connectivity index (χ1v) is 11.3. The molecular formula is C27H32N2O2. The summed E-state index contributed by atoms with van der Waals surface area (Å²) in [6, 6.07) is 15.2. The van der Waals surface area contributed by atoms with Crippen molar-refractivity contribution in [1.82, 2.24) is 0 Å². The summed E-state index contributed by atoms with van der Waals surface area (Å²) >= 11 is 0. The Kier molecular flexibility index (Phi) is 5.74. The van der Waals surface area contributed by atoms with Crippen LogP contribution in [0.15, 0.2) is 60.7 Å². The number of imide groups is 1. The smallest absolute Gasteiger partial charge is 0.284 e. The van der Waals surface area contributed by atoms with Crippen LogP contribution < -0.4 is 9.80 Å². The van der Waals surface area contributed by atoms with Crippen molar-refractivity contribution in [3.05, 3.63) is 71.8 Å². The van der Waals surface area contributed by atoms with Crippen LogP contribution in [0.5, 0.6) is 0 Å². The lowest BCUT2D eigenvalue weighted by molar-refractivity contribution is -0.115. The topological polar surface area (TPSA) is 40.6 Å². The Bertz CT molecular complexity index is 987. The van der Waals surface area contributed by atoms with E-state index in [1.54, 1.807) is 0 Å². The van der Waals surface area contributed by atoms with Crippen molar-refractivity contribution in [2.75, 3.05) is 9.80 Å². The standard InChI is InChI=1S/C27H32N2O2/c1-19-10-14-23(15-11-19)28-25(30)21(3)27(4,18-22-8-6-5-7-9-22)29(26(28)31)24-16-12-20(2)13-17-24/h10-17,22H,3,5-9,18H2,1-2,4H3. The molecule has 1 unspecified atom stereocenters. The van der Waals surface area contributed by atoms with Gasteiger partial charge in [0.1, 0.15) is 0 Å². The second-order valence-corrected chi connectivity index (χ2v) is 9.39. The number of carbonyl (C=O) groups is 2. The van der Waals surface area contributed by atoms with E-state index in [-0.39, 0.29) is 11.9 Å². The summed E-state index contributed by atoms with van der Waals surface area (Å²) in [5.41, 5.74) is 3.34. The molecule has 0 spiro atoms. The third-order valence-corrected chi connectivity index (χ3v) is 6.98. The molecule has 0 N–H and O–H groups in total. The maximum atomic E-state index is 13.9. The van der Waals surface area contributed by atoms with E-state index in [4.69, 9.17) is 0 Å². The predicted octanol–water partition coefficient (Wildman–Crippen LogP) is 6.56. The molecule has 4 rings (SSSR count). The summed E-state index contributed by atoms with van der Waals surface area (Å²) in [5.74, 6) is 0.200. The largest absolute Gasteiger partial charge is 0.336 e. The Morgan fingerprint density at radius 2 is 1.39 bits per heavy atom. The Labute approximate surface area is 185 Å². The fraction of sp³-hybridized carbons (Fsp3) is 0.407. The first-order valence-electron chi connectivity index (χ1n) is 11.3. The van der Waals surface area contributed by atoms with Gasteiger partial charge in [-0.15, -0.1) is 0 Å². The van der Waals surface area contributed by atoms with E-state index >= 15 is 0 Å². The number of rotatable bonds is 4. The van der Waals surface area contributed by atoms with Gasteiger partial charge in [-0.25, -0.2) is 9.69 Å². The summed E-state index contributed by atoms with van der Waals surface area (Å²) in [7, 11) is 0. The van der Waals surface area contributed by atoms with Crippen molar-refractivity contribution in [3.63, 3.8) is 0 Å². The minimum Gasteiger partial charge on any atom is -0.284 e. The molecule has 2 aromatic rings. The Balaban J connectivity index is 1.79. The number of hydrogen-bond acceptors (Lipinski definition) is 2. The zero-order chi connectivity index (χ0) is 22.2. The number of aryl methyl sites for hydroxylation is 2. The highest BCUT2D eigenvalue weighted by molar-refractivity contribution is 6.28. The number of benzene rings is 2. The van der Waals surface area contributed by atoms with Crippen molar-refractivity contribution < 1.29 is 9.59 Å². The summed E-state index contributed by atoms with van der Waals surface area (Å²) in [4.78, 5) is 30.5. The van der Waals surface area contributed by atoms with E-state index in [0.717, 1.165) is 36.1 Å². The number of amides is 3. The Morgan fingerprint density at radius 1 is 0.871 bits per heavy atom. The van der Waals surface area contributed by atoms with Crippen LogP contribution in [-0.2, 0) is 4.79 Å². The second kappa shape index (κ2) is 8.33. The monoisotopic (exact) mass is 416 g/mol. The van der Waals surface area contributed by atoms with Gasteiger partial charge in [-0.05, 0) is 57.4 Å². The number of hydrogen-bond donors (Lipinski definition) is 0. The molecule has 162 valence electrons. The van der Waals surface area contributed by atoms with E-state index in [1.807, 2.05) is 74.2 Å². The van der Waals surface area contributed by atoms with E-state index < -0.39 is 5.54 Å². The number of anilines is 2. The van der Waals surface area contributed by atoms with Crippen LogP contribution in [0, 0.1) is 19.8 Å². The van der Waals surface area contributed by atoms with Crippen molar-refractivity contribution in [3.8, 4) is 0 Å². The highest BCUT2D eigenvalue weighted by Gasteiger charge is 2.51. The maximum absolute atomic E-state index is 13.9. The van der Waals surface area contributed by atoms with Gasteiger partial charge < -0.3 is 0 Å². The van der Waals surface area contributed by atoms with Gasteiger partial charge in [-0.3, -0.25) is 9.69 Å². The third kappa shape index (κ3) is 3.91. The Hall–Kier alpha value is -2.88. The molecule has 0 radical (unpaired) electrons. The predicted molar refractivity (Wildman–Crippen MR) is 126 cm³/mol. The van der Waals surface area contributed by atoms with Crippen molar-refractivity contribution in [2.45, 2.75) is 64.8 Å². The van der Waals surface area contributed by atoms with Gasteiger partial charge in [0.2, 0.25) is 0 Å². The van der Waals surface area contributed by atoms with Gasteiger partial charge >= 0.3 is 6.03 Å². The van der Waals surface area contributed by atoms with Crippen molar-refractivity contribution in [1.29, 1.82) is 0 Å². The fourth-order valence-corrected chi connectivity index (χ4v) is 5.08. The van der Waals surface area contributed by atoms with E-state index in [0.29, 0.717) is 17.2 Å². The molecule has 31 heavy (non-hydrogen) atoms. The molecule has 1 atom stereocenters.